The van der Waals surface area contributed by atoms with E-state index in [4.69, 9.17) is 5.73 Å². The van der Waals surface area contributed by atoms with Crippen LogP contribution in [-0.4, -0.2) is 33.5 Å². The third-order valence-electron chi connectivity index (χ3n) is 4.69. The van der Waals surface area contributed by atoms with E-state index in [1.165, 1.54) is 12.1 Å². The molecule has 13 heteroatoms. The second kappa shape index (κ2) is 10.0. The highest BCUT2D eigenvalue weighted by atomic mass is 19.4. The van der Waals surface area contributed by atoms with Crippen LogP contribution in [0.15, 0.2) is 72.9 Å². The first-order valence-corrected chi connectivity index (χ1v) is 10.3. The molecular weight excluding hydrogens is 479 g/mol. The van der Waals surface area contributed by atoms with E-state index in [0.717, 1.165) is 12.1 Å². The van der Waals surface area contributed by atoms with Crippen molar-refractivity contribution in [1.29, 1.82) is 0 Å². The van der Waals surface area contributed by atoms with E-state index in [9.17, 15) is 22.8 Å². The van der Waals surface area contributed by atoms with Crippen molar-refractivity contribution in [3.05, 3.63) is 78.5 Å². The van der Waals surface area contributed by atoms with E-state index < -0.39 is 24.1 Å². The van der Waals surface area contributed by atoms with Crippen molar-refractivity contribution in [3.8, 4) is 17.0 Å². The second-order valence-corrected chi connectivity index (χ2v) is 7.26. The number of primary amides is 1. The van der Waals surface area contributed by atoms with Crippen LogP contribution in [0.5, 0.6) is 5.75 Å². The van der Waals surface area contributed by atoms with Gasteiger partial charge in [-0.25, -0.2) is 9.78 Å². The molecule has 10 nitrogen and oxygen atoms in total. The monoisotopic (exact) mass is 497 g/mol. The largest absolute Gasteiger partial charge is 0.573 e. The molecule has 0 saturated carbocycles. The molecular formula is C23H18F3N7O3. The Morgan fingerprint density at radius 3 is 2.11 bits per heavy atom. The van der Waals surface area contributed by atoms with Gasteiger partial charge in [-0.1, -0.05) is 18.2 Å². The molecule has 0 saturated heterocycles. The number of hydrogen-bond donors (Lipinski definition) is 5. The lowest BCUT2D eigenvalue weighted by atomic mass is 10.1. The summed E-state index contributed by atoms with van der Waals surface area (Å²) in [6, 6.07) is 15.7. The first kappa shape index (κ1) is 24.1. The zero-order chi connectivity index (χ0) is 25.7. The number of nitrogens with zero attached hydrogens (tertiary/aromatic N) is 2. The van der Waals surface area contributed by atoms with E-state index in [-0.39, 0.29) is 17.1 Å². The summed E-state index contributed by atoms with van der Waals surface area (Å²) in [5.41, 5.74) is 7.24. The van der Waals surface area contributed by atoms with Gasteiger partial charge in [-0.15, -0.1) is 13.2 Å². The summed E-state index contributed by atoms with van der Waals surface area (Å²) >= 11 is 0. The number of carbonyl (C=O) groups is 2. The number of pyridine rings is 1. The van der Waals surface area contributed by atoms with Crippen LogP contribution in [0, 0.1) is 0 Å². The molecule has 36 heavy (non-hydrogen) atoms. The Balaban J connectivity index is 1.42. The molecule has 0 fully saturated rings. The molecule has 4 aromatic rings. The number of urea groups is 1. The number of nitrogens with two attached hydrogens (primary N) is 1. The van der Waals surface area contributed by atoms with Gasteiger partial charge in [0.2, 0.25) is 0 Å². The van der Waals surface area contributed by atoms with Crippen molar-refractivity contribution in [3.63, 3.8) is 0 Å². The highest BCUT2D eigenvalue weighted by Gasteiger charge is 2.31. The highest BCUT2D eigenvalue weighted by molar-refractivity contribution is 6.04. The number of aromatic nitrogens is 3. The van der Waals surface area contributed by atoms with Crippen molar-refractivity contribution < 1.29 is 27.5 Å². The Morgan fingerprint density at radius 2 is 1.56 bits per heavy atom. The van der Waals surface area contributed by atoms with Crippen molar-refractivity contribution in [2.45, 2.75) is 6.36 Å². The molecule has 0 spiro atoms. The summed E-state index contributed by atoms with van der Waals surface area (Å²) in [7, 11) is 0. The third-order valence-corrected chi connectivity index (χ3v) is 4.69. The molecule has 2 aromatic heterocycles. The molecule has 0 radical (unpaired) electrons. The minimum atomic E-state index is -4.80. The fourth-order valence-electron chi connectivity index (χ4n) is 3.19. The molecule has 4 rings (SSSR count). The van der Waals surface area contributed by atoms with Gasteiger partial charge < -0.3 is 26.4 Å². The van der Waals surface area contributed by atoms with Gasteiger partial charge in [0.15, 0.2) is 0 Å². The SMILES string of the molecule is NC(=O)c1c(-c2ccc(NC(=O)Nc3ccc(OC(F)(F)F)cc3)cc2)n[nH]c1Nc1ccccn1. The van der Waals surface area contributed by atoms with Gasteiger partial charge in [-0.2, -0.15) is 5.10 Å². The Bertz CT molecular complexity index is 1360. The zero-order valence-electron chi connectivity index (χ0n) is 18.3. The lowest BCUT2D eigenvalue weighted by molar-refractivity contribution is -0.274. The van der Waals surface area contributed by atoms with Gasteiger partial charge in [-0.3, -0.25) is 9.89 Å². The van der Waals surface area contributed by atoms with Crippen LogP contribution in [0.4, 0.5) is 41.0 Å². The lowest BCUT2D eigenvalue weighted by Gasteiger charge is -2.11. The predicted octanol–water partition coefficient (Wildman–Crippen LogP) is 4.86. The van der Waals surface area contributed by atoms with Gasteiger partial charge in [0, 0.05) is 23.1 Å². The number of H-pyrrole nitrogens is 1. The average Bonchev–Trinajstić information content (AvgIpc) is 3.24. The molecule has 184 valence electrons. The Labute approximate surface area is 201 Å². The van der Waals surface area contributed by atoms with E-state index >= 15 is 0 Å². The van der Waals surface area contributed by atoms with Crippen LogP contribution < -0.4 is 26.4 Å². The molecule has 0 atom stereocenters. The number of nitrogens with one attached hydrogen (secondary N) is 4. The van der Waals surface area contributed by atoms with Gasteiger partial charge in [0.25, 0.3) is 5.91 Å². The van der Waals surface area contributed by atoms with Gasteiger partial charge >= 0.3 is 12.4 Å². The van der Waals surface area contributed by atoms with Crippen LogP contribution in [-0.2, 0) is 0 Å². The van der Waals surface area contributed by atoms with Crippen molar-refractivity contribution in [2.75, 3.05) is 16.0 Å². The van der Waals surface area contributed by atoms with Crippen molar-refractivity contribution >= 4 is 34.9 Å². The third kappa shape index (κ3) is 6.08. The maximum Gasteiger partial charge on any atom is 0.573 e. The van der Waals surface area contributed by atoms with E-state index in [1.807, 2.05) is 0 Å². The van der Waals surface area contributed by atoms with Crippen LogP contribution >= 0.6 is 0 Å². The number of amides is 3. The molecule has 0 unspecified atom stereocenters. The van der Waals surface area contributed by atoms with Crippen LogP contribution in [0.25, 0.3) is 11.3 Å². The van der Waals surface area contributed by atoms with E-state index in [0.29, 0.717) is 22.8 Å². The number of aromatic amines is 1. The minimum absolute atomic E-state index is 0.136. The Hall–Kier alpha value is -5.07. The van der Waals surface area contributed by atoms with E-state index in [2.05, 4.69) is 35.9 Å². The predicted molar refractivity (Wildman–Crippen MR) is 126 cm³/mol. The standard InChI is InChI=1S/C23H18F3N7O3/c24-23(25,26)36-16-10-8-15(9-11-16)30-22(35)29-14-6-4-13(5-7-14)19-18(20(27)34)21(33-32-19)31-17-3-1-2-12-28-17/h1-12H,(H2,27,34)(H2,29,30,35)(H2,28,31,32,33). The average molecular weight is 497 g/mol. The zero-order valence-corrected chi connectivity index (χ0v) is 18.3. The quantitative estimate of drug-likeness (QED) is 0.246. The van der Waals surface area contributed by atoms with Crippen LogP contribution in [0.1, 0.15) is 10.4 Å². The molecule has 0 aliphatic heterocycles. The maximum atomic E-state index is 12.2. The van der Waals surface area contributed by atoms with Crippen LogP contribution in [0.2, 0.25) is 0 Å². The number of carbonyl (C=O) groups excluding carboxylic acids is 2. The summed E-state index contributed by atoms with van der Waals surface area (Å²) in [5, 5.41) is 15.0. The lowest BCUT2D eigenvalue weighted by Crippen LogP contribution is -2.19. The number of hydrogen-bond acceptors (Lipinski definition) is 6. The summed E-state index contributed by atoms with van der Waals surface area (Å²) in [5.74, 6) is -0.339. The van der Waals surface area contributed by atoms with Gasteiger partial charge in [-0.05, 0) is 48.5 Å². The molecule has 3 amide bonds. The minimum Gasteiger partial charge on any atom is -0.406 e. The first-order chi connectivity index (χ1) is 17.2. The number of benzene rings is 2. The number of anilines is 4. The van der Waals surface area contributed by atoms with Gasteiger partial charge in [0.05, 0.1) is 0 Å². The van der Waals surface area contributed by atoms with Crippen molar-refractivity contribution in [1.82, 2.24) is 15.2 Å². The molecule has 2 heterocycles. The number of rotatable bonds is 7. The summed E-state index contributed by atoms with van der Waals surface area (Å²) in [4.78, 5) is 28.5. The Kier molecular flexibility index (Phi) is 6.72. The fraction of sp³-hybridized carbons (Fsp3) is 0.0435. The molecule has 6 N–H and O–H groups in total. The topological polar surface area (TPSA) is 147 Å². The highest BCUT2D eigenvalue weighted by Crippen LogP contribution is 2.29. The Morgan fingerprint density at radius 1 is 0.917 bits per heavy atom. The normalized spacial score (nSPS) is 11.0. The molecule has 0 aliphatic rings. The number of halogens is 3. The first-order valence-electron chi connectivity index (χ1n) is 10.3. The summed E-state index contributed by atoms with van der Waals surface area (Å²) < 4.78 is 40.5. The number of ether oxygens (including phenoxy) is 1. The van der Waals surface area contributed by atoms with Gasteiger partial charge in [0.1, 0.15) is 28.6 Å². The van der Waals surface area contributed by atoms with E-state index in [1.54, 1.807) is 48.7 Å². The molecule has 0 aliphatic carbocycles. The second-order valence-electron chi connectivity index (χ2n) is 7.26. The fourth-order valence-corrected chi connectivity index (χ4v) is 3.19. The summed E-state index contributed by atoms with van der Waals surface area (Å²) in [6.07, 6.45) is -3.22. The number of alkyl halides is 3. The summed E-state index contributed by atoms with van der Waals surface area (Å²) in [6.45, 7) is 0. The molecule has 0 bridgehead atoms. The van der Waals surface area contributed by atoms with Crippen LogP contribution in [0.3, 0.4) is 0 Å². The molecule has 2 aromatic carbocycles. The maximum absolute atomic E-state index is 12.2. The van der Waals surface area contributed by atoms with Crippen molar-refractivity contribution in [2.24, 2.45) is 5.73 Å². The smallest absolute Gasteiger partial charge is 0.406 e.